The Bertz CT molecular complexity index is 604. The molecule has 19 heavy (non-hydrogen) atoms. The van der Waals surface area contributed by atoms with Crippen LogP contribution in [0.5, 0.6) is 0 Å². The first-order valence-electron chi connectivity index (χ1n) is 5.92. The number of rotatable bonds is 6. The highest BCUT2D eigenvalue weighted by atomic mass is 32.2. The quantitative estimate of drug-likeness (QED) is 0.847. The van der Waals surface area contributed by atoms with Crippen molar-refractivity contribution in [2.75, 3.05) is 18.9 Å². The van der Waals surface area contributed by atoms with Crippen LogP contribution in [0.3, 0.4) is 0 Å². The van der Waals surface area contributed by atoms with Gasteiger partial charge in [0, 0.05) is 25.7 Å². The molecule has 0 amide bonds. The molecule has 0 bridgehead atoms. The first-order valence-corrected chi connectivity index (χ1v) is 7.40. The minimum absolute atomic E-state index is 0.256. The third-order valence-electron chi connectivity index (χ3n) is 2.70. The highest BCUT2D eigenvalue weighted by Gasteiger charge is 2.13. The van der Waals surface area contributed by atoms with Gasteiger partial charge in [0.2, 0.25) is 10.0 Å². The zero-order chi connectivity index (χ0) is 13.7. The molecule has 0 aliphatic carbocycles. The van der Waals surface area contributed by atoms with Crippen LogP contribution < -0.4 is 10.0 Å². The van der Waals surface area contributed by atoms with Crippen LogP contribution in [0, 0.1) is 0 Å². The van der Waals surface area contributed by atoms with Crippen LogP contribution in [-0.2, 0) is 16.4 Å². The van der Waals surface area contributed by atoms with E-state index in [-0.39, 0.29) is 4.90 Å². The Hall–Kier alpha value is -1.79. The number of benzene rings is 1. The minimum atomic E-state index is -3.46. The van der Waals surface area contributed by atoms with Crippen molar-refractivity contribution >= 4 is 15.7 Å². The number of furan rings is 1. The first kappa shape index (κ1) is 13.6. The molecule has 0 aliphatic rings. The number of sulfonamides is 1. The summed E-state index contributed by atoms with van der Waals surface area (Å²) in [6.45, 7) is 0.309. The maximum atomic E-state index is 12.0. The first-order chi connectivity index (χ1) is 9.12. The molecule has 1 aromatic heterocycles. The lowest BCUT2D eigenvalue weighted by Gasteiger charge is -2.07. The third kappa shape index (κ3) is 3.59. The number of hydrogen-bond donors (Lipinski definition) is 2. The molecule has 1 heterocycles. The molecule has 0 unspecified atom stereocenters. The normalized spacial score (nSPS) is 11.4. The Kier molecular flexibility index (Phi) is 4.24. The van der Waals surface area contributed by atoms with E-state index in [1.54, 1.807) is 43.6 Å². The van der Waals surface area contributed by atoms with Gasteiger partial charge in [-0.1, -0.05) is 0 Å². The average Bonchev–Trinajstić information content (AvgIpc) is 2.92. The number of hydrogen-bond acceptors (Lipinski definition) is 4. The van der Waals surface area contributed by atoms with E-state index in [2.05, 4.69) is 10.0 Å². The van der Waals surface area contributed by atoms with Crippen molar-refractivity contribution in [1.82, 2.24) is 4.72 Å². The van der Waals surface area contributed by atoms with E-state index in [1.807, 2.05) is 6.07 Å². The third-order valence-corrected chi connectivity index (χ3v) is 4.17. The molecular weight excluding hydrogens is 264 g/mol. The lowest BCUT2D eigenvalue weighted by molar-refractivity contribution is 0.506. The van der Waals surface area contributed by atoms with Crippen molar-refractivity contribution in [3.8, 4) is 0 Å². The Morgan fingerprint density at radius 2 is 1.89 bits per heavy atom. The fourth-order valence-corrected chi connectivity index (χ4v) is 2.68. The molecule has 0 aliphatic heterocycles. The second kappa shape index (κ2) is 5.90. The van der Waals surface area contributed by atoms with Gasteiger partial charge in [0.25, 0.3) is 0 Å². The minimum Gasteiger partial charge on any atom is -0.469 e. The van der Waals surface area contributed by atoms with E-state index in [0.29, 0.717) is 13.0 Å². The summed E-state index contributed by atoms with van der Waals surface area (Å²) in [7, 11) is -1.68. The number of nitrogens with one attached hydrogen (secondary N) is 2. The number of anilines is 1. The van der Waals surface area contributed by atoms with E-state index < -0.39 is 10.0 Å². The van der Waals surface area contributed by atoms with Crippen LogP contribution in [0.1, 0.15) is 5.76 Å². The van der Waals surface area contributed by atoms with Crippen molar-refractivity contribution < 1.29 is 12.8 Å². The van der Waals surface area contributed by atoms with Gasteiger partial charge in [-0.25, -0.2) is 13.1 Å². The summed E-state index contributed by atoms with van der Waals surface area (Å²) < 4.78 is 31.7. The molecule has 0 atom stereocenters. The predicted molar refractivity (Wildman–Crippen MR) is 73.6 cm³/mol. The van der Waals surface area contributed by atoms with Gasteiger partial charge in [-0.15, -0.1) is 0 Å². The summed E-state index contributed by atoms with van der Waals surface area (Å²) in [5.41, 5.74) is 0.870. The van der Waals surface area contributed by atoms with Gasteiger partial charge >= 0.3 is 0 Å². The summed E-state index contributed by atoms with van der Waals surface area (Å²) in [6, 6.07) is 10.2. The molecule has 6 heteroatoms. The van der Waals surface area contributed by atoms with Crippen molar-refractivity contribution in [3.63, 3.8) is 0 Å². The molecule has 0 saturated carbocycles. The molecular formula is C13H16N2O3S. The van der Waals surface area contributed by atoms with Crippen LogP contribution >= 0.6 is 0 Å². The Balaban J connectivity index is 1.97. The Morgan fingerprint density at radius 3 is 2.47 bits per heavy atom. The lowest BCUT2D eigenvalue weighted by Crippen LogP contribution is -2.25. The van der Waals surface area contributed by atoms with Crippen LogP contribution in [0.4, 0.5) is 5.69 Å². The highest BCUT2D eigenvalue weighted by Crippen LogP contribution is 2.13. The SMILES string of the molecule is CNc1ccc(S(=O)(=O)NCCc2ccco2)cc1. The standard InChI is InChI=1S/C13H16N2O3S/c1-14-11-4-6-13(7-5-11)19(16,17)15-9-8-12-3-2-10-18-12/h2-7,10,14-15H,8-9H2,1H3. The zero-order valence-corrected chi connectivity index (χ0v) is 11.4. The van der Waals surface area contributed by atoms with Gasteiger partial charge < -0.3 is 9.73 Å². The second-order valence-corrected chi connectivity index (χ2v) is 5.77. The van der Waals surface area contributed by atoms with Gasteiger partial charge in [0.05, 0.1) is 11.2 Å². The molecule has 1 aromatic carbocycles. The fourth-order valence-electron chi connectivity index (χ4n) is 1.65. The van der Waals surface area contributed by atoms with Crippen LogP contribution in [-0.4, -0.2) is 22.0 Å². The predicted octanol–water partition coefficient (Wildman–Crippen LogP) is 1.84. The van der Waals surface area contributed by atoms with Gasteiger partial charge in [-0.05, 0) is 36.4 Å². The zero-order valence-electron chi connectivity index (χ0n) is 10.6. The molecule has 0 radical (unpaired) electrons. The van der Waals surface area contributed by atoms with Gasteiger partial charge in [-0.2, -0.15) is 0 Å². The highest BCUT2D eigenvalue weighted by molar-refractivity contribution is 7.89. The summed E-state index contributed by atoms with van der Waals surface area (Å²) >= 11 is 0. The van der Waals surface area contributed by atoms with E-state index in [1.165, 1.54) is 0 Å². The molecule has 2 rings (SSSR count). The molecule has 0 fully saturated rings. The topological polar surface area (TPSA) is 71.3 Å². The van der Waals surface area contributed by atoms with Crippen LogP contribution in [0.25, 0.3) is 0 Å². The van der Waals surface area contributed by atoms with E-state index in [9.17, 15) is 8.42 Å². The monoisotopic (exact) mass is 280 g/mol. The summed E-state index contributed by atoms with van der Waals surface area (Å²) in [4.78, 5) is 0.256. The maximum Gasteiger partial charge on any atom is 0.240 e. The van der Waals surface area contributed by atoms with E-state index in [4.69, 9.17) is 4.42 Å². The fraction of sp³-hybridized carbons (Fsp3) is 0.231. The van der Waals surface area contributed by atoms with Crippen LogP contribution in [0.15, 0.2) is 52.0 Å². The molecule has 0 spiro atoms. The van der Waals surface area contributed by atoms with Crippen molar-refractivity contribution in [1.29, 1.82) is 0 Å². The van der Waals surface area contributed by atoms with Gasteiger partial charge in [0.15, 0.2) is 0 Å². The van der Waals surface area contributed by atoms with Gasteiger partial charge in [0.1, 0.15) is 5.76 Å². The molecule has 0 saturated heterocycles. The maximum absolute atomic E-state index is 12.0. The second-order valence-electron chi connectivity index (χ2n) is 4.00. The smallest absolute Gasteiger partial charge is 0.240 e. The van der Waals surface area contributed by atoms with Crippen molar-refractivity contribution in [3.05, 3.63) is 48.4 Å². The molecule has 2 N–H and O–H groups in total. The Morgan fingerprint density at radius 1 is 1.16 bits per heavy atom. The summed E-state index contributed by atoms with van der Waals surface area (Å²) in [6.07, 6.45) is 2.10. The Labute approximate surface area is 112 Å². The average molecular weight is 280 g/mol. The summed E-state index contributed by atoms with van der Waals surface area (Å²) in [5, 5.41) is 2.94. The van der Waals surface area contributed by atoms with Crippen molar-refractivity contribution in [2.45, 2.75) is 11.3 Å². The largest absolute Gasteiger partial charge is 0.469 e. The molecule has 5 nitrogen and oxygen atoms in total. The molecule has 102 valence electrons. The lowest BCUT2D eigenvalue weighted by atomic mass is 10.3. The summed E-state index contributed by atoms with van der Waals surface area (Å²) in [5.74, 6) is 0.758. The van der Waals surface area contributed by atoms with E-state index in [0.717, 1.165) is 11.4 Å². The van der Waals surface area contributed by atoms with Crippen molar-refractivity contribution in [2.24, 2.45) is 0 Å². The molecule has 2 aromatic rings. The van der Waals surface area contributed by atoms with Crippen LogP contribution in [0.2, 0.25) is 0 Å². The van der Waals surface area contributed by atoms with Gasteiger partial charge in [-0.3, -0.25) is 0 Å². The van der Waals surface area contributed by atoms with E-state index >= 15 is 0 Å².